The van der Waals surface area contributed by atoms with Crippen LogP contribution in [-0.4, -0.2) is 30.6 Å². The third-order valence-corrected chi connectivity index (χ3v) is 5.95. The van der Waals surface area contributed by atoms with Gasteiger partial charge in [-0.3, -0.25) is 0 Å². The standard InChI is InChI=1S/C20H29ClN2.C2H6/c1-3-16-4-5-18(20(21)14-16)7-6-17-10-13-23(15(17)2)19-8-11-22-12-9-19;1-2/h4-5,14,17,19,22H,2-3,6-13H2,1H3;1-2H3. The van der Waals surface area contributed by atoms with Crippen molar-refractivity contribution < 1.29 is 0 Å². The number of hydrogen-bond donors (Lipinski definition) is 1. The van der Waals surface area contributed by atoms with E-state index in [2.05, 4.69) is 41.9 Å². The average Bonchev–Trinajstić information content (AvgIpc) is 3.03. The Bertz CT molecular complexity index is 549. The molecule has 0 aromatic heterocycles. The van der Waals surface area contributed by atoms with Crippen LogP contribution in [-0.2, 0) is 12.8 Å². The number of benzene rings is 1. The minimum absolute atomic E-state index is 0.631. The van der Waals surface area contributed by atoms with Crippen molar-refractivity contribution in [2.75, 3.05) is 19.6 Å². The molecule has 0 amide bonds. The number of likely N-dealkylation sites (tertiary alicyclic amines) is 1. The second-order valence-corrected chi connectivity index (χ2v) is 7.38. The molecule has 0 aliphatic carbocycles. The van der Waals surface area contributed by atoms with E-state index < -0.39 is 0 Å². The fourth-order valence-electron chi connectivity index (χ4n) is 4.03. The van der Waals surface area contributed by atoms with Crippen LogP contribution in [0.25, 0.3) is 0 Å². The molecule has 0 saturated carbocycles. The van der Waals surface area contributed by atoms with Gasteiger partial charge in [-0.05, 0) is 68.8 Å². The SMILES string of the molecule is C=C1C(CCc2ccc(CC)cc2Cl)CCN1C1CCNCC1.CC. The predicted molar refractivity (Wildman–Crippen MR) is 110 cm³/mol. The Labute approximate surface area is 159 Å². The first-order chi connectivity index (χ1) is 12.2. The van der Waals surface area contributed by atoms with Crippen LogP contribution < -0.4 is 5.32 Å². The molecule has 140 valence electrons. The zero-order valence-electron chi connectivity index (χ0n) is 16.3. The van der Waals surface area contributed by atoms with Gasteiger partial charge >= 0.3 is 0 Å². The molecule has 1 aromatic carbocycles. The smallest absolute Gasteiger partial charge is 0.0440 e. The number of nitrogens with one attached hydrogen (secondary N) is 1. The van der Waals surface area contributed by atoms with E-state index in [0.717, 1.165) is 31.0 Å². The Morgan fingerprint density at radius 1 is 1.20 bits per heavy atom. The minimum Gasteiger partial charge on any atom is -0.372 e. The highest BCUT2D eigenvalue weighted by atomic mass is 35.5. The number of hydrogen-bond acceptors (Lipinski definition) is 2. The summed E-state index contributed by atoms with van der Waals surface area (Å²) in [5.41, 5.74) is 3.98. The molecule has 3 heteroatoms. The van der Waals surface area contributed by atoms with Crippen LogP contribution >= 0.6 is 11.6 Å². The largest absolute Gasteiger partial charge is 0.372 e. The van der Waals surface area contributed by atoms with E-state index in [1.54, 1.807) is 0 Å². The third kappa shape index (κ3) is 5.24. The molecule has 3 rings (SSSR count). The van der Waals surface area contributed by atoms with Gasteiger partial charge in [0, 0.05) is 29.2 Å². The second-order valence-electron chi connectivity index (χ2n) is 6.97. The molecule has 1 atom stereocenters. The molecule has 25 heavy (non-hydrogen) atoms. The zero-order chi connectivity index (χ0) is 18.2. The molecular weight excluding hydrogens is 328 g/mol. The van der Waals surface area contributed by atoms with E-state index in [0.29, 0.717) is 12.0 Å². The summed E-state index contributed by atoms with van der Waals surface area (Å²) in [5.74, 6) is 0.631. The van der Waals surface area contributed by atoms with Crippen molar-refractivity contribution in [1.82, 2.24) is 10.2 Å². The van der Waals surface area contributed by atoms with Crippen molar-refractivity contribution >= 4 is 11.6 Å². The Morgan fingerprint density at radius 3 is 2.56 bits per heavy atom. The summed E-state index contributed by atoms with van der Waals surface area (Å²) in [6.07, 6.45) is 7.06. The van der Waals surface area contributed by atoms with Gasteiger partial charge in [-0.15, -0.1) is 0 Å². The topological polar surface area (TPSA) is 15.3 Å². The molecule has 1 aromatic rings. The molecule has 2 heterocycles. The zero-order valence-corrected chi connectivity index (χ0v) is 17.0. The molecule has 2 aliphatic rings. The average molecular weight is 363 g/mol. The maximum atomic E-state index is 6.44. The highest BCUT2D eigenvalue weighted by molar-refractivity contribution is 6.31. The summed E-state index contributed by atoms with van der Waals surface area (Å²) in [6.45, 7) is 14.1. The van der Waals surface area contributed by atoms with Crippen LogP contribution in [0.4, 0.5) is 0 Å². The van der Waals surface area contributed by atoms with E-state index in [9.17, 15) is 0 Å². The lowest BCUT2D eigenvalue weighted by Gasteiger charge is -2.34. The summed E-state index contributed by atoms with van der Waals surface area (Å²) in [4.78, 5) is 2.59. The lowest BCUT2D eigenvalue weighted by Crippen LogP contribution is -2.41. The van der Waals surface area contributed by atoms with Crippen molar-refractivity contribution in [3.05, 3.63) is 46.6 Å². The molecule has 1 unspecified atom stereocenters. The molecule has 2 fully saturated rings. The summed E-state index contributed by atoms with van der Waals surface area (Å²) in [7, 11) is 0. The normalized spacial score (nSPS) is 21.2. The van der Waals surface area contributed by atoms with Crippen LogP contribution in [0.5, 0.6) is 0 Å². The van der Waals surface area contributed by atoms with Crippen molar-refractivity contribution in [1.29, 1.82) is 0 Å². The Kier molecular flexibility index (Phi) is 8.32. The van der Waals surface area contributed by atoms with Gasteiger partial charge in [-0.25, -0.2) is 0 Å². The lowest BCUT2D eigenvalue weighted by atomic mass is 9.95. The van der Waals surface area contributed by atoms with Gasteiger partial charge in [0.05, 0.1) is 0 Å². The molecule has 0 bridgehead atoms. The van der Waals surface area contributed by atoms with Gasteiger partial charge < -0.3 is 10.2 Å². The Hall–Kier alpha value is -0.990. The first-order valence-electron chi connectivity index (χ1n) is 10.1. The highest BCUT2D eigenvalue weighted by Gasteiger charge is 2.31. The number of allylic oxidation sites excluding steroid dienone is 1. The van der Waals surface area contributed by atoms with Gasteiger partial charge in [0.1, 0.15) is 0 Å². The van der Waals surface area contributed by atoms with Crippen LogP contribution in [0.15, 0.2) is 30.5 Å². The van der Waals surface area contributed by atoms with Gasteiger partial charge in [-0.1, -0.05) is 51.1 Å². The fourth-order valence-corrected chi connectivity index (χ4v) is 4.33. The van der Waals surface area contributed by atoms with Gasteiger partial charge in [0.15, 0.2) is 0 Å². The summed E-state index contributed by atoms with van der Waals surface area (Å²) in [6, 6.07) is 7.26. The van der Waals surface area contributed by atoms with Crippen molar-refractivity contribution in [2.24, 2.45) is 5.92 Å². The first kappa shape index (κ1) is 20.3. The maximum absolute atomic E-state index is 6.44. The fraction of sp³-hybridized carbons (Fsp3) is 0.636. The molecule has 2 saturated heterocycles. The van der Waals surface area contributed by atoms with Crippen LogP contribution in [0.2, 0.25) is 5.02 Å². The number of rotatable bonds is 5. The highest BCUT2D eigenvalue weighted by Crippen LogP contribution is 2.34. The summed E-state index contributed by atoms with van der Waals surface area (Å²) in [5, 5.41) is 4.39. The van der Waals surface area contributed by atoms with Crippen molar-refractivity contribution in [3.63, 3.8) is 0 Å². The van der Waals surface area contributed by atoms with Crippen molar-refractivity contribution in [2.45, 2.75) is 65.3 Å². The Morgan fingerprint density at radius 2 is 1.92 bits per heavy atom. The van der Waals surface area contributed by atoms with Crippen LogP contribution in [0.3, 0.4) is 0 Å². The number of piperidine rings is 1. The number of aryl methyl sites for hydroxylation is 2. The minimum atomic E-state index is 0.631. The molecule has 2 nitrogen and oxygen atoms in total. The van der Waals surface area contributed by atoms with Gasteiger partial charge in [0.25, 0.3) is 0 Å². The molecule has 1 N–H and O–H groups in total. The summed E-state index contributed by atoms with van der Waals surface area (Å²) < 4.78 is 0. The predicted octanol–water partition coefficient (Wildman–Crippen LogP) is 5.45. The summed E-state index contributed by atoms with van der Waals surface area (Å²) >= 11 is 6.44. The quantitative estimate of drug-likeness (QED) is 0.749. The van der Waals surface area contributed by atoms with E-state index >= 15 is 0 Å². The molecular formula is C22H35ClN2. The van der Waals surface area contributed by atoms with E-state index in [1.165, 1.54) is 49.1 Å². The van der Waals surface area contributed by atoms with Gasteiger partial charge in [-0.2, -0.15) is 0 Å². The first-order valence-corrected chi connectivity index (χ1v) is 10.5. The van der Waals surface area contributed by atoms with E-state index in [4.69, 9.17) is 11.6 Å². The van der Waals surface area contributed by atoms with Crippen LogP contribution in [0, 0.1) is 5.92 Å². The van der Waals surface area contributed by atoms with Gasteiger partial charge in [0.2, 0.25) is 0 Å². The Balaban J connectivity index is 0.00000109. The number of halogens is 1. The second kappa shape index (κ2) is 10.2. The van der Waals surface area contributed by atoms with Crippen molar-refractivity contribution in [3.8, 4) is 0 Å². The molecule has 2 aliphatic heterocycles. The monoisotopic (exact) mass is 362 g/mol. The molecule has 0 radical (unpaired) electrons. The maximum Gasteiger partial charge on any atom is 0.0440 e. The number of nitrogens with zero attached hydrogens (tertiary/aromatic N) is 1. The molecule has 0 spiro atoms. The van der Waals surface area contributed by atoms with E-state index in [-0.39, 0.29) is 0 Å². The third-order valence-electron chi connectivity index (χ3n) is 5.60. The van der Waals surface area contributed by atoms with Crippen LogP contribution in [0.1, 0.15) is 57.6 Å². The van der Waals surface area contributed by atoms with E-state index in [1.807, 2.05) is 13.8 Å². The lowest BCUT2D eigenvalue weighted by molar-refractivity contribution is 0.230.